The predicted octanol–water partition coefficient (Wildman–Crippen LogP) is 13.3. The fourth-order valence-electron chi connectivity index (χ4n) is 8.92. The summed E-state index contributed by atoms with van der Waals surface area (Å²) in [5.41, 5.74) is 12.0. The molecule has 0 atom stereocenters. The van der Waals surface area contributed by atoms with Gasteiger partial charge in [0.1, 0.15) is 0 Å². The van der Waals surface area contributed by atoms with Gasteiger partial charge < -0.3 is 4.40 Å². The Hall–Kier alpha value is -7.89. The Morgan fingerprint density at radius 3 is 1.48 bits per heavy atom. The molecule has 0 radical (unpaired) electrons. The van der Waals surface area contributed by atoms with Crippen molar-refractivity contribution in [1.29, 1.82) is 0 Å². The van der Waals surface area contributed by atoms with Crippen LogP contribution in [0, 0.1) is 0 Å². The van der Waals surface area contributed by atoms with Crippen LogP contribution in [0.5, 0.6) is 0 Å². The van der Waals surface area contributed by atoms with Crippen LogP contribution in [0.1, 0.15) is 0 Å². The van der Waals surface area contributed by atoms with E-state index in [-0.39, 0.29) is 0 Å². The summed E-state index contributed by atoms with van der Waals surface area (Å²) < 4.78 is 4.66. The fraction of sp³-hybridized carbons (Fsp3) is 0. The molecule has 0 aliphatic carbocycles. The standard InChI is InChI=1S/C53H33N5/c1-3-15-34(16-4-1)36-20-13-22-39(31-36)51-54-52(40-23-14-21-37(32-40)35-17-5-2-6-18-35)56-53(55-51)58-46-28-12-9-25-43(46)50-47(58)30-29-42-41-24-8-11-27-45(41)57-44-26-10-7-19-38(44)33-48(57)49(42)50/h1-33H. The molecule has 0 bridgehead atoms. The molecule has 0 spiro atoms. The molecule has 8 aromatic carbocycles. The first-order valence-electron chi connectivity index (χ1n) is 19.6. The summed E-state index contributed by atoms with van der Waals surface area (Å²) in [4.78, 5) is 15.9. The zero-order valence-electron chi connectivity index (χ0n) is 31.3. The molecule has 4 aromatic heterocycles. The highest BCUT2D eigenvalue weighted by atomic mass is 15.2. The van der Waals surface area contributed by atoms with Crippen molar-refractivity contribution in [2.24, 2.45) is 0 Å². The number of pyridine rings is 1. The average molecular weight is 740 g/mol. The van der Waals surface area contributed by atoms with E-state index in [9.17, 15) is 0 Å². The lowest BCUT2D eigenvalue weighted by atomic mass is 10.00. The van der Waals surface area contributed by atoms with E-state index in [0.717, 1.165) is 49.8 Å². The lowest BCUT2D eigenvalue weighted by molar-refractivity contribution is 0.954. The summed E-state index contributed by atoms with van der Waals surface area (Å²) in [7, 11) is 0. The number of fused-ring (bicyclic) bond motifs is 12. The van der Waals surface area contributed by atoms with Crippen molar-refractivity contribution >= 4 is 59.9 Å². The summed E-state index contributed by atoms with van der Waals surface area (Å²) >= 11 is 0. The van der Waals surface area contributed by atoms with Crippen LogP contribution in [-0.2, 0) is 0 Å². The zero-order chi connectivity index (χ0) is 38.2. The third-order valence-corrected chi connectivity index (χ3v) is 11.5. The number of rotatable bonds is 5. The largest absolute Gasteiger partial charge is 0.309 e. The molecule has 0 saturated heterocycles. The lowest BCUT2D eigenvalue weighted by Crippen LogP contribution is -2.06. The minimum Gasteiger partial charge on any atom is -0.309 e. The SMILES string of the molecule is c1ccc(-c2cccc(-c3nc(-c4cccc(-c5ccccc5)c4)nc(-n4c5ccccc5c5c6c(ccc54)c4ccccc4n4c5ccccc5cc64)n3)c2)cc1. The van der Waals surface area contributed by atoms with Crippen LogP contribution in [0.3, 0.4) is 0 Å². The van der Waals surface area contributed by atoms with Gasteiger partial charge in [-0.2, -0.15) is 9.97 Å². The maximum absolute atomic E-state index is 5.35. The van der Waals surface area contributed by atoms with Crippen molar-refractivity contribution in [2.75, 3.05) is 0 Å². The maximum Gasteiger partial charge on any atom is 0.238 e. The van der Waals surface area contributed by atoms with Crippen LogP contribution in [0.2, 0.25) is 0 Å². The molecule has 0 saturated carbocycles. The molecule has 12 rings (SSSR count). The number of benzene rings is 8. The molecule has 0 aliphatic heterocycles. The Bertz CT molecular complexity index is 3460. The molecular weight excluding hydrogens is 707 g/mol. The Morgan fingerprint density at radius 1 is 0.293 bits per heavy atom. The highest BCUT2D eigenvalue weighted by molar-refractivity contribution is 6.30. The second-order valence-electron chi connectivity index (χ2n) is 14.9. The summed E-state index contributed by atoms with van der Waals surface area (Å²) in [6, 6.07) is 70.8. The fourth-order valence-corrected chi connectivity index (χ4v) is 8.92. The number of hydrogen-bond donors (Lipinski definition) is 0. The third-order valence-electron chi connectivity index (χ3n) is 11.5. The predicted molar refractivity (Wildman–Crippen MR) is 239 cm³/mol. The van der Waals surface area contributed by atoms with Gasteiger partial charge in [0.05, 0.1) is 27.6 Å². The molecule has 0 aliphatic rings. The number of para-hydroxylation sites is 3. The Kier molecular flexibility index (Phi) is 7.16. The second-order valence-corrected chi connectivity index (χ2v) is 14.9. The molecule has 0 amide bonds. The zero-order valence-corrected chi connectivity index (χ0v) is 31.3. The van der Waals surface area contributed by atoms with Gasteiger partial charge >= 0.3 is 0 Å². The van der Waals surface area contributed by atoms with Gasteiger partial charge in [0.25, 0.3) is 0 Å². The van der Waals surface area contributed by atoms with Crippen molar-refractivity contribution in [3.05, 3.63) is 200 Å². The summed E-state index contributed by atoms with van der Waals surface area (Å²) in [6.45, 7) is 0. The molecule has 12 aromatic rings. The Morgan fingerprint density at radius 2 is 0.810 bits per heavy atom. The maximum atomic E-state index is 5.35. The van der Waals surface area contributed by atoms with Crippen molar-refractivity contribution in [3.8, 4) is 51.0 Å². The van der Waals surface area contributed by atoms with E-state index >= 15 is 0 Å². The Labute approximate surface area is 333 Å². The van der Waals surface area contributed by atoms with Gasteiger partial charge in [0.2, 0.25) is 5.95 Å². The third kappa shape index (κ3) is 5.00. The second kappa shape index (κ2) is 12.8. The van der Waals surface area contributed by atoms with Crippen molar-refractivity contribution < 1.29 is 0 Å². The molecule has 0 fully saturated rings. The summed E-state index contributed by atoms with van der Waals surface area (Å²) in [5, 5.41) is 7.17. The highest BCUT2D eigenvalue weighted by Crippen LogP contribution is 2.42. The Balaban J connectivity index is 1.17. The van der Waals surface area contributed by atoms with Gasteiger partial charge in [-0.1, -0.05) is 158 Å². The van der Waals surface area contributed by atoms with E-state index in [0.29, 0.717) is 17.6 Å². The molecule has 5 heteroatoms. The van der Waals surface area contributed by atoms with Crippen LogP contribution in [0.15, 0.2) is 200 Å². The van der Waals surface area contributed by atoms with E-state index < -0.39 is 0 Å². The monoisotopic (exact) mass is 739 g/mol. The summed E-state index contributed by atoms with van der Waals surface area (Å²) in [6.07, 6.45) is 0. The smallest absolute Gasteiger partial charge is 0.238 e. The van der Waals surface area contributed by atoms with E-state index in [1.165, 1.54) is 43.5 Å². The molecule has 0 N–H and O–H groups in total. The molecule has 270 valence electrons. The van der Waals surface area contributed by atoms with Crippen LogP contribution in [0.25, 0.3) is 111 Å². The van der Waals surface area contributed by atoms with E-state index in [4.69, 9.17) is 15.0 Å². The van der Waals surface area contributed by atoms with Gasteiger partial charge in [0, 0.05) is 38.1 Å². The van der Waals surface area contributed by atoms with Crippen LogP contribution >= 0.6 is 0 Å². The molecule has 4 heterocycles. The molecule has 0 unspecified atom stereocenters. The minimum absolute atomic E-state index is 0.568. The van der Waals surface area contributed by atoms with Crippen molar-refractivity contribution in [1.82, 2.24) is 23.9 Å². The summed E-state index contributed by atoms with van der Waals surface area (Å²) in [5.74, 6) is 1.79. The van der Waals surface area contributed by atoms with E-state index in [1.54, 1.807) is 0 Å². The molecule has 5 nitrogen and oxygen atoms in total. The number of hydrogen-bond acceptors (Lipinski definition) is 3. The first-order valence-corrected chi connectivity index (χ1v) is 19.6. The van der Waals surface area contributed by atoms with Gasteiger partial charge in [-0.05, 0) is 70.1 Å². The van der Waals surface area contributed by atoms with E-state index in [2.05, 4.69) is 197 Å². The highest BCUT2D eigenvalue weighted by Gasteiger charge is 2.22. The van der Waals surface area contributed by atoms with Gasteiger partial charge in [-0.3, -0.25) is 4.57 Å². The number of nitrogens with zero attached hydrogens (tertiary/aromatic N) is 5. The van der Waals surface area contributed by atoms with Crippen LogP contribution in [-0.4, -0.2) is 23.9 Å². The van der Waals surface area contributed by atoms with Gasteiger partial charge in [-0.15, -0.1) is 0 Å². The number of aromatic nitrogens is 5. The minimum atomic E-state index is 0.568. The first-order chi connectivity index (χ1) is 28.8. The van der Waals surface area contributed by atoms with Crippen LogP contribution < -0.4 is 0 Å². The van der Waals surface area contributed by atoms with Gasteiger partial charge in [0.15, 0.2) is 11.6 Å². The lowest BCUT2D eigenvalue weighted by Gasteiger charge is -2.13. The first kappa shape index (κ1) is 32.4. The molecule has 58 heavy (non-hydrogen) atoms. The van der Waals surface area contributed by atoms with Crippen LogP contribution in [0.4, 0.5) is 0 Å². The quantitative estimate of drug-likeness (QED) is 0.165. The topological polar surface area (TPSA) is 48.0 Å². The normalized spacial score (nSPS) is 11.8. The van der Waals surface area contributed by atoms with Crippen molar-refractivity contribution in [3.63, 3.8) is 0 Å². The average Bonchev–Trinajstić information content (AvgIpc) is 3.86. The van der Waals surface area contributed by atoms with Gasteiger partial charge in [-0.25, -0.2) is 4.98 Å². The molecular formula is C53H33N5. The van der Waals surface area contributed by atoms with Crippen molar-refractivity contribution in [2.45, 2.75) is 0 Å². The van der Waals surface area contributed by atoms with E-state index in [1.807, 2.05) is 12.1 Å².